The summed E-state index contributed by atoms with van der Waals surface area (Å²) in [6.07, 6.45) is -0.375. The molecule has 2 atom stereocenters. The molecular formula is C20H22N3+. The summed E-state index contributed by atoms with van der Waals surface area (Å²) in [5, 5.41) is 1.99. The lowest BCUT2D eigenvalue weighted by atomic mass is 10.0. The van der Waals surface area contributed by atoms with E-state index in [1.54, 1.807) is 0 Å². The van der Waals surface area contributed by atoms with Crippen molar-refractivity contribution in [3.8, 4) is 11.1 Å². The van der Waals surface area contributed by atoms with Crippen LogP contribution < -0.4 is 16.8 Å². The van der Waals surface area contributed by atoms with Crippen LogP contribution in [0.4, 0.5) is 0 Å². The average Bonchev–Trinajstić information content (AvgIpc) is 2.63. The molecule has 23 heavy (non-hydrogen) atoms. The third-order valence-electron chi connectivity index (χ3n) is 3.98. The largest absolute Gasteiger partial charge is 0.309 e. The van der Waals surface area contributed by atoms with Crippen LogP contribution in [0.3, 0.4) is 0 Å². The van der Waals surface area contributed by atoms with Crippen molar-refractivity contribution in [2.45, 2.75) is 12.3 Å². The summed E-state index contributed by atoms with van der Waals surface area (Å²) in [5.41, 5.74) is 17.1. The van der Waals surface area contributed by atoms with Crippen LogP contribution in [0, 0.1) is 0 Å². The van der Waals surface area contributed by atoms with Gasteiger partial charge < -0.3 is 5.32 Å². The van der Waals surface area contributed by atoms with E-state index in [4.69, 9.17) is 11.5 Å². The number of nitrogens with two attached hydrogens (primary N) is 3. The van der Waals surface area contributed by atoms with Crippen LogP contribution in [0.1, 0.15) is 23.5 Å². The molecule has 0 amide bonds. The van der Waals surface area contributed by atoms with E-state index in [1.165, 1.54) is 11.1 Å². The monoisotopic (exact) mass is 304 g/mol. The van der Waals surface area contributed by atoms with Crippen LogP contribution in [0.5, 0.6) is 0 Å². The van der Waals surface area contributed by atoms with E-state index in [0.29, 0.717) is 0 Å². The molecule has 0 saturated carbocycles. The van der Waals surface area contributed by atoms with Crippen LogP contribution >= 0.6 is 0 Å². The standard InChI is InChI=1S/C20H21N3/c21-19(16-10-5-2-6-11-16)23-20(22)18-13-7-12-17(14-18)15-8-3-1-4-9-15/h1-14,19-20,23H,21-22H2/p+1. The Kier molecular flexibility index (Phi) is 4.83. The predicted octanol–water partition coefficient (Wildman–Crippen LogP) is 2.53. The van der Waals surface area contributed by atoms with Gasteiger partial charge in [0.1, 0.15) is 0 Å². The Morgan fingerprint density at radius 3 is 1.78 bits per heavy atom. The molecule has 0 aliphatic heterocycles. The first-order chi connectivity index (χ1) is 11.2. The van der Waals surface area contributed by atoms with Crippen molar-refractivity contribution in [1.29, 1.82) is 0 Å². The number of hydrogen-bond donors (Lipinski definition) is 3. The first kappa shape index (κ1) is 15.4. The summed E-state index contributed by atoms with van der Waals surface area (Å²) in [6.45, 7) is 0. The van der Waals surface area contributed by atoms with Gasteiger partial charge in [-0.25, -0.2) is 0 Å². The molecule has 3 rings (SSSR count). The van der Waals surface area contributed by atoms with Gasteiger partial charge in [0.25, 0.3) is 0 Å². The maximum absolute atomic E-state index is 6.34. The molecule has 0 saturated heterocycles. The van der Waals surface area contributed by atoms with Crippen LogP contribution in [-0.4, -0.2) is 0 Å². The van der Waals surface area contributed by atoms with Crippen molar-refractivity contribution < 1.29 is 5.32 Å². The fourth-order valence-electron chi connectivity index (χ4n) is 2.68. The van der Waals surface area contributed by atoms with Crippen molar-refractivity contribution in [1.82, 2.24) is 0 Å². The number of hydrogen-bond acceptors (Lipinski definition) is 2. The summed E-state index contributed by atoms with van der Waals surface area (Å²) in [7, 11) is 0. The van der Waals surface area contributed by atoms with Crippen molar-refractivity contribution in [2.75, 3.05) is 0 Å². The molecule has 0 radical (unpaired) electrons. The van der Waals surface area contributed by atoms with Crippen LogP contribution in [0.15, 0.2) is 84.9 Å². The summed E-state index contributed by atoms with van der Waals surface area (Å²) >= 11 is 0. The smallest absolute Gasteiger partial charge is 0.165 e. The third-order valence-corrected chi connectivity index (χ3v) is 3.98. The quantitative estimate of drug-likeness (QED) is 0.634. The lowest BCUT2D eigenvalue weighted by molar-refractivity contribution is -0.733. The molecule has 3 aromatic carbocycles. The molecule has 3 nitrogen and oxygen atoms in total. The number of quaternary nitrogens is 1. The molecule has 3 heteroatoms. The van der Waals surface area contributed by atoms with E-state index in [-0.39, 0.29) is 12.3 Å². The van der Waals surface area contributed by atoms with Gasteiger partial charge >= 0.3 is 0 Å². The second-order valence-corrected chi connectivity index (χ2v) is 5.65. The van der Waals surface area contributed by atoms with Gasteiger partial charge in [0.05, 0.1) is 0 Å². The van der Waals surface area contributed by atoms with E-state index < -0.39 is 0 Å². The SMILES string of the molecule is NC([NH2+]C(N)c1cccc(-c2ccccc2)c1)c1ccccc1. The van der Waals surface area contributed by atoms with E-state index in [1.807, 2.05) is 66.0 Å². The maximum atomic E-state index is 6.34. The van der Waals surface area contributed by atoms with E-state index >= 15 is 0 Å². The molecule has 6 N–H and O–H groups in total. The summed E-state index contributed by atoms with van der Waals surface area (Å²) < 4.78 is 0. The summed E-state index contributed by atoms with van der Waals surface area (Å²) in [5.74, 6) is 0. The maximum Gasteiger partial charge on any atom is 0.165 e. The van der Waals surface area contributed by atoms with E-state index in [9.17, 15) is 0 Å². The van der Waals surface area contributed by atoms with Crippen molar-refractivity contribution in [3.63, 3.8) is 0 Å². The zero-order valence-corrected chi connectivity index (χ0v) is 13.0. The molecule has 2 unspecified atom stereocenters. The minimum atomic E-state index is -0.200. The molecule has 116 valence electrons. The van der Waals surface area contributed by atoms with E-state index in [0.717, 1.165) is 11.1 Å². The van der Waals surface area contributed by atoms with Gasteiger partial charge in [-0.3, -0.25) is 11.5 Å². The Labute approximate surface area is 137 Å². The van der Waals surface area contributed by atoms with Gasteiger partial charge in [-0.1, -0.05) is 78.9 Å². The lowest BCUT2D eigenvalue weighted by Gasteiger charge is -2.17. The highest BCUT2D eigenvalue weighted by Gasteiger charge is 2.16. The van der Waals surface area contributed by atoms with Crippen molar-refractivity contribution >= 4 is 0 Å². The number of rotatable bonds is 5. The predicted molar refractivity (Wildman–Crippen MR) is 94.1 cm³/mol. The molecule has 0 bridgehead atoms. The Morgan fingerprint density at radius 1 is 0.565 bits per heavy atom. The van der Waals surface area contributed by atoms with Gasteiger partial charge in [0.2, 0.25) is 0 Å². The third kappa shape index (κ3) is 3.85. The minimum Gasteiger partial charge on any atom is -0.309 e. The van der Waals surface area contributed by atoms with Gasteiger partial charge in [0, 0.05) is 11.1 Å². The summed E-state index contributed by atoms with van der Waals surface area (Å²) in [6, 6.07) is 28.6. The zero-order chi connectivity index (χ0) is 16.1. The highest BCUT2D eigenvalue weighted by Crippen LogP contribution is 2.21. The minimum absolute atomic E-state index is 0.174. The molecule has 0 fully saturated rings. The molecule has 3 aromatic rings. The van der Waals surface area contributed by atoms with E-state index in [2.05, 4.69) is 24.3 Å². The second kappa shape index (κ2) is 7.20. The Bertz CT molecular complexity index is 741. The first-order valence-electron chi connectivity index (χ1n) is 7.80. The highest BCUT2D eigenvalue weighted by atomic mass is 15.1. The fourth-order valence-corrected chi connectivity index (χ4v) is 2.68. The lowest BCUT2D eigenvalue weighted by Crippen LogP contribution is -2.90. The van der Waals surface area contributed by atoms with Crippen LogP contribution in [0.25, 0.3) is 11.1 Å². The molecular weight excluding hydrogens is 282 g/mol. The molecule has 0 heterocycles. The Balaban J connectivity index is 1.76. The average molecular weight is 304 g/mol. The van der Waals surface area contributed by atoms with Gasteiger partial charge in [-0.05, 0) is 17.2 Å². The Hall–Kier alpha value is -2.46. The molecule has 0 aliphatic carbocycles. The topological polar surface area (TPSA) is 68.6 Å². The van der Waals surface area contributed by atoms with Gasteiger partial charge in [-0.15, -0.1) is 0 Å². The van der Waals surface area contributed by atoms with Crippen LogP contribution in [-0.2, 0) is 0 Å². The zero-order valence-electron chi connectivity index (χ0n) is 13.0. The highest BCUT2D eigenvalue weighted by molar-refractivity contribution is 5.64. The van der Waals surface area contributed by atoms with Crippen LogP contribution in [0.2, 0.25) is 0 Å². The summed E-state index contributed by atoms with van der Waals surface area (Å²) in [4.78, 5) is 0. The van der Waals surface area contributed by atoms with Crippen molar-refractivity contribution in [3.05, 3.63) is 96.1 Å². The Morgan fingerprint density at radius 2 is 1.09 bits per heavy atom. The molecule has 0 aliphatic rings. The molecule has 0 spiro atoms. The second-order valence-electron chi connectivity index (χ2n) is 5.65. The van der Waals surface area contributed by atoms with Crippen molar-refractivity contribution in [2.24, 2.45) is 11.5 Å². The van der Waals surface area contributed by atoms with Gasteiger partial charge in [-0.2, -0.15) is 0 Å². The van der Waals surface area contributed by atoms with Gasteiger partial charge in [0.15, 0.2) is 12.3 Å². The first-order valence-corrected chi connectivity index (χ1v) is 7.80. The number of benzene rings is 3. The fraction of sp³-hybridized carbons (Fsp3) is 0.100. The normalized spacial score (nSPS) is 13.5. The molecule has 0 aromatic heterocycles.